The van der Waals surface area contributed by atoms with Crippen LogP contribution in [0.5, 0.6) is 17.2 Å². The third-order valence-electron chi connectivity index (χ3n) is 3.45. The molecule has 0 radical (unpaired) electrons. The van der Waals surface area contributed by atoms with Crippen molar-refractivity contribution in [3.8, 4) is 17.2 Å². The molecule has 6 nitrogen and oxygen atoms in total. The summed E-state index contributed by atoms with van der Waals surface area (Å²) in [7, 11) is 0.206. The summed E-state index contributed by atoms with van der Waals surface area (Å²) >= 11 is 12.1. The molecular formula is C16H17Cl2NO5S. The van der Waals surface area contributed by atoms with Crippen molar-refractivity contribution in [2.24, 2.45) is 0 Å². The van der Waals surface area contributed by atoms with Crippen molar-refractivity contribution in [2.75, 3.05) is 26.1 Å². The minimum absolute atomic E-state index is 0.0958. The Morgan fingerprint density at radius 1 is 0.840 bits per heavy atom. The first-order chi connectivity index (χ1) is 11.7. The van der Waals surface area contributed by atoms with E-state index in [2.05, 4.69) is 4.72 Å². The molecule has 0 amide bonds. The molecule has 0 unspecified atom stereocenters. The maximum Gasteiger partial charge on any atom is 0.265 e. The second-order valence-electron chi connectivity index (χ2n) is 5.04. The zero-order valence-electron chi connectivity index (χ0n) is 14.0. The Bertz CT molecular complexity index is 900. The number of rotatable bonds is 6. The number of hydrogen-bond donors (Lipinski definition) is 1. The predicted octanol–water partition coefficient (Wildman–Crippen LogP) is 4.13. The highest BCUT2D eigenvalue weighted by Gasteiger charge is 2.23. The SMILES string of the molecule is COc1cc(NS(=O)(=O)c2cc(Cl)c(C)cc2OC)c(OC)cc1Cl. The first-order valence-electron chi connectivity index (χ1n) is 7.02. The molecule has 9 heteroatoms. The monoisotopic (exact) mass is 405 g/mol. The van der Waals surface area contributed by atoms with E-state index in [1.54, 1.807) is 13.0 Å². The molecule has 1 N–H and O–H groups in total. The van der Waals surface area contributed by atoms with Crippen LogP contribution in [0, 0.1) is 6.92 Å². The molecular weight excluding hydrogens is 389 g/mol. The van der Waals surface area contributed by atoms with Gasteiger partial charge in [-0.3, -0.25) is 4.72 Å². The number of halogens is 2. The number of benzene rings is 2. The van der Waals surface area contributed by atoms with Crippen LogP contribution in [0.2, 0.25) is 10.0 Å². The molecule has 0 saturated carbocycles. The molecule has 0 heterocycles. The third-order valence-corrected chi connectivity index (χ3v) is 5.54. The van der Waals surface area contributed by atoms with Crippen LogP contribution in [0.1, 0.15) is 5.56 Å². The van der Waals surface area contributed by atoms with Crippen LogP contribution >= 0.6 is 23.2 Å². The summed E-state index contributed by atoms with van der Waals surface area (Å²) in [6, 6.07) is 5.77. The molecule has 0 saturated heterocycles. The molecule has 0 aliphatic heterocycles. The van der Waals surface area contributed by atoms with Crippen LogP contribution in [0.15, 0.2) is 29.2 Å². The Morgan fingerprint density at radius 2 is 1.44 bits per heavy atom. The molecule has 0 spiro atoms. The summed E-state index contributed by atoms with van der Waals surface area (Å²) < 4.78 is 43.6. The van der Waals surface area contributed by atoms with Gasteiger partial charge in [0.25, 0.3) is 10.0 Å². The van der Waals surface area contributed by atoms with Crippen molar-refractivity contribution in [3.63, 3.8) is 0 Å². The lowest BCUT2D eigenvalue weighted by molar-refractivity contribution is 0.402. The lowest BCUT2D eigenvalue weighted by Crippen LogP contribution is -2.15. The average Bonchev–Trinajstić information content (AvgIpc) is 2.57. The van der Waals surface area contributed by atoms with E-state index in [1.807, 2.05) is 0 Å². The zero-order valence-corrected chi connectivity index (χ0v) is 16.3. The Balaban J connectivity index is 2.55. The Morgan fingerprint density at radius 3 is 2.00 bits per heavy atom. The molecule has 0 atom stereocenters. The number of nitrogens with one attached hydrogen (secondary N) is 1. The minimum Gasteiger partial charge on any atom is -0.495 e. The molecule has 0 fully saturated rings. The van der Waals surface area contributed by atoms with Crippen molar-refractivity contribution in [3.05, 3.63) is 39.9 Å². The van der Waals surface area contributed by atoms with Gasteiger partial charge >= 0.3 is 0 Å². The maximum absolute atomic E-state index is 12.8. The van der Waals surface area contributed by atoms with Gasteiger partial charge in [0.15, 0.2) is 0 Å². The molecule has 2 rings (SSSR count). The van der Waals surface area contributed by atoms with Crippen molar-refractivity contribution >= 4 is 38.9 Å². The predicted molar refractivity (Wildman–Crippen MR) is 98.1 cm³/mol. The summed E-state index contributed by atoms with van der Waals surface area (Å²) in [5.41, 5.74) is 0.866. The van der Waals surface area contributed by atoms with E-state index in [4.69, 9.17) is 37.4 Å². The summed E-state index contributed by atoms with van der Waals surface area (Å²) in [5, 5.41) is 0.597. The van der Waals surface area contributed by atoms with Crippen molar-refractivity contribution < 1.29 is 22.6 Å². The number of ether oxygens (including phenoxy) is 3. The largest absolute Gasteiger partial charge is 0.495 e. The second-order valence-corrected chi connectivity index (χ2v) is 7.51. The average molecular weight is 406 g/mol. The molecule has 2 aromatic rings. The van der Waals surface area contributed by atoms with Crippen LogP contribution in [0.25, 0.3) is 0 Å². The van der Waals surface area contributed by atoms with Gasteiger partial charge < -0.3 is 14.2 Å². The van der Waals surface area contributed by atoms with Gasteiger partial charge in [-0.25, -0.2) is 8.42 Å². The quantitative estimate of drug-likeness (QED) is 0.781. The fraction of sp³-hybridized carbons (Fsp3) is 0.250. The summed E-state index contributed by atoms with van der Waals surface area (Å²) in [6.07, 6.45) is 0. The molecule has 136 valence electrons. The Hall–Kier alpha value is -1.83. The second kappa shape index (κ2) is 7.59. The lowest BCUT2D eigenvalue weighted by Gasteiger charge is -2.16. The highest BCUT2D eigenvalue weighted by molar-refractivity contribution is 7.92. The molecule has 0 bridgehead atoms. The van der Waals surface area contributed by atoms with Crippen molar-refractivity contribution in [1.29, 1.82) is 0 Å². The fourth-order valence-corrected chi connectivity index (χ4v) is 3.84. The Labute approximate surface area is 156 Å². The van der Waals surface area contributed by atoms with E-state index in [0.29, 0.717) is 21.4 Å². The lowest BCUT2D eigenvalue weighted by atomic mass is 10.2. The van der Waals surface area contributed by atoms with Crippen LogP contribution in [-0.4, -0.2) is 29.7 Å². The van der Waals surface area contributed by atoms with E-state index in [-0.39, 0.29) is 22.1 Å². The molecule has 0 aliphatic rings. The minimum atomic E-state index is -4.00. The van der Waals surface area contributed by atoms with Gasteiger partial charge in [0, 0.05) is 17.2 Å². The van der Waals surface area contributed by atoms with E-state index < -0.39 is 10.0 Å². The Kier molecular flexibility index (Phi) is 5.92. The van der Waals surface area contributed by atoms with Gasteiger partial charge in [0.05, 0.1) is 32.0 Å². The third kappa shape index (κ3) is 4.05. The van der Waals surface area contributed by atoms with Crippen molar-refractivity contribution in [1.82, 2.24) is 0 Å². The van der Waals surface area contributed by atoms with Crippen molar-refractivity contribution in [2.45, 2.75) is 11.8 Å². The fourth-order valence-electron chi connectivity index (χ4n) is 2.15. The molecule has 0 aliphatic carbocycles. The normalized spacial score (nSPS) is 11.1. The summed E-state index contributed by atoms with van der Waals surface area (Å²) in [4.78, 5) is -0.0958. The number of methoxy groups -OCH3 is 3. The number of hydrogen-bond acceptors (Lipinski definition) is 5. The van der Waals surface area contributed by atoms with E-state index >= 15 is 0 Å². The number of aryl methyl sites for hydroxylation is 1. The molecule has 25 heavy (non-hydrogen) atoms. The van der Waals surface area contributed by atoms with Gasteiger partial charge in [0.2, 0.25) is 0 Å². The zero-order chi connectivity index (χ0) is 18.8. The number of sulfonamides is 1. The van der Waals surface area contributed by atoms with E-state index in [1.165, 1.54) is 39.5 Å². The summed E-state index contributed by atoms with van der Waals surface area (Å²) in [6.45, 7) is 1.75. The maximum atomic E-state index is 12.8. The smallest absolute Gasteiger partial charge is 0.265 e. The highest BCUT2D eigenvalue weighted by Crippen LogP contribution is 2.38. The van der Waals surface area contributed by atoms with E-state index in [9.17, 15) is 8.42 Å². The number of anilines is 1. The standard InChI is InChI=1S/C16H17Cl2NO5S/c1-9-5-15(24-4)16(7-10(9)17)25(20,21)19-12-8-13(22-2)11(18)6-14(12)23-3/h5-8,19H,1-4H3. The van der Waals surface area contributed by atoms with Crippen LogP contribution in [-0.2, 0) is 10.0 Å². The van der Waals surface area contributed by atoms with Crippen LogP contribution in [0.4, 0.5) is 5.69 Å². The van der Waals surface area contributed by atoms with Gasteiger partial charge in [-0.05, 0) is 24.6 Å². The molecule has 0 aromatic heterocycles. The topological polar surface area (TPSA) is 73.9 Å². The van der Waals surface area contributed by atoms with Crippen LogP contribution < -0.4 is 18.9 Å². The molecule has 2 aromatic carbocycles. The van der Waals surface area contributed by atoms with E-state index in [0.717, 1.165) is 0 Å². The van der Waals surface area contributed by atoms with Crippen LogP contribution in [0.3, 0.4) is 0 Å². The summed E-state index contributed by atoms with van der Waals surface area (Å²) in [5.74, 6) is 0.718. The van der Waals surface area contributed by atoms with Gasteiger partial charge in [-0.15, -0.1) is 0 Å². The van der Waals surface area contributed by atoms with Gasteiger partial charge in [0.1, 0.15) is 22.1 Å². The van der Waals surface area contributed by atoms with Gasteiger partial charge in [-0.2, -0.15) is 0 Å². The van der Waals surface area contributed by atoms with Gasteiger partial charge in [-0.1, -0.05) is 23.2 Å². The highest BCUT2D eigenvalue weighted by atomic mass is 35.5. The first-order valence-corrected chi connectivity index (χ1v) is 9.26. The first kappa shape index (κ1) is 19.5.